The van der Waals surface area contributed by atoms with E-state index in [0.29, 0.717) is 38.8 Å². The summed E-state index contributed by atoms with van der Waals surface area (Å²) in [5.74, 6) is 0.554. The van der Waals surface area contributed by atoms with E-state index in [0.717, 1.165) is 5.69 Å². The summed E-state index contributed by atoms with van der Waals surface area (Å²) in [4.78, 5) is 14.2. The van der Waals surface area contributed by atoms with E-state index in [1.165, 1.54) is 19.0 Å². The molecule has 1 aromatic heterocycles. The minimum atomic E-state index is -0.424. The van der Waals surface area contributed by atoms with Crippen LogP contribution in [0.1, 0.15) is 10.4 Å². The highest BCUT2D eigenvalue weighted by molar-refractivity contribution is 7.80. The van der Waals surface area contributed by atoms with Crippen LogP contribution in [0.15, 0.2) is 60.7 Å². The van der Waals surface area contributed by atoms with E-state index in [4.69, 9.17) is 33.3 Å². The highest BCUT2D eigenvalue weighted by Gasteiger charge is 2.14. The lowest BCUT2D eigenvalue weighted by atomic mass is 10.2. The van der Waals surface area contributed by atoms with Gasteiger partial charge in [-0.25, -0.2) is 0 Å². The van der Waals surface area contributed by atoms with Gasteiger partial charge < -0.3 is 14.8 Å². The number of para-hydroxylation sites is 1. The van der Waals surface area contributed by atoms with Gasteiger partial charge in [0.05, 0.1) is 30.6 Å². The van der Waals surface area contributed by atoms with Gasteiger partial charge in [-0.2, -0.15) is 4.80 Å². The highest BCUT2D eigenvalue weighted by Crippen LogP contribution is 2.27. The van der Waals surface area contributed by atoms with Gasteiger partial charge in [0.25, 0.3) is 5.91 Å². The minimum Gasteiger partial charge on any atom is -0.497 e. The van der Waals surface area contributed by atoms with Gasteiger partial charge in [-0.3, -0.25) is 10.1 Å². The van der Waals surface area contributed by atoms with E-state index in [1.54, 1.807) is 30.3 Å². The zero-order valence-corrected chi connectivity index (χ0v) is 18.7. The molecule has 10 heteroatoms. The number of thiocarbonyl (C=S) groups is 1. The minimum absolute atomic E-state index is 0.0773. The number of aromatic nitrogens is 3. The van der Waals surface area contributed by atoms with Crippen molar-refractivity contribution in [2.75, 3.05) is 19.5 Å². The van der Waals surface area contributed by atoms with E-state index in [-0.39, 0.29) is 5.11 Å². The fraction of sp³-hybridized carbons (Fsp3) is 0.0909. The fourth-order valence-electron chi connectivity index (χ4n) is 2.98. The Morgan fingerprint density at radius 2 is 1.59 bits per heavy atom. The average molecular weight is 468 g/mol. The number of hydrogen-bond donors (Lipinski definition) is 2. The summed E-state index contributed by atoms with van der Waals surface area (Å²) in [6, 6.07) is 17.8. The molecule has 4 aromatic rings. The average Bonchev–Trinajstić information content (AvgIpc) is 3.22. The third kappa shape index (κ3) is 4.63. The third-order valence-electron chi connectivity index (χ3n) is 4.55. The molecule has 0 spiro atoms. The smallest absolute Gasteiger partial charge is 0.257 e. The van der Waals surface area contributed by atoms with Crippen molar-refractivity contribution in [1.29, 1.82) is 0 Å². The van der Waals surface area contributed by atoms with Crippen molar-refractivity contribution in [3.63, 3.8) is 0 Å². The van der Waals surface area contributed by atoms with Crippen molar-refractivity contribution in [3.05, 3.63) is 71.2 Å². The second kappa shape index (κ2) is 9.21. The summed E-state index contributed by atoms with van der Waals surface area (Å²) in [5, 5.41) is 15.0. The number of rotatable bonds is 5. The number of halogens is 1. The van der Waals surface area contributed by atoms with Crippen molar-refractivity contribution in [3.8, 4) is 17.2 Å². The topological polar surface area (TPSA) is 90.3 Å². The quantitative estimate of drug-likeness (QED) is 0.425. The lowest BCUT2D eigenvalue weighted by Crippen LogP contribution is -2.34. The highest BCUT2D eigenvalue weighted by atomic mass is 35.5. The molecule has 1 heterocycles. The Labute approximate surface area is 194 Å². The Morgan fingerprint density at radius 1 is 0.969 bits per heavy atom. The predicted molar refractivity (Wildman–Crippen MR) is 127 cm³/mol. The first-order chi connectivity index (χ1) is 15.5. The zero-order valence-electron chi connectivity index (χ0n) is 17.1. The van der Waals surface area contributed by atoms with Crippen LogP contribution in [0.4, 0.5) is 5.69 Å². The van der Waals surface area contributed by atoms with Crippen molar-refractivity contribution < 1.29 is 14.3 Å². The molecule has 0 aliphatic heterocycles. The van der Waals surface area contributed by atoms with Crippen LogP contribution in [0, 0.1) is 0 Å². The number of amides is 1. The van der Waals surface area contributed by atoms with Gasteiger partial charge in [-0.1, -0.05) is 29.8 Å². The van der Waals surface area contributed by atoms with Crippen molar-refractivity contribution in [1.82, 2.24) is 20.3 Å². The van der Waals surface area contributed by atoms with E-state index in [9.17, 15) is 4.79 Å². The molecule has 3 aromatic carbocycles. The maximum atomic E-state index is 12.6. The summed E-state index contributed by atoms with van der Waals surface area (Å²) in [7, 11) is 3.02. The van der Waals surface area contributed by atoms with Crippen molar-refractivity contribution >= 4 is 51.6 Å². The summed E-state index contributed by atoms with van der Waals surface area (Å²) in [6.07, 6.45) is 0. The Balaban J connectivity index is 1.52. The first kappa shape index (κ1) is 21.5. The molecule has 0 saturated heterocycles. The van der Waals surface area contributed by atoms with Gasteiger partial charge in [0.1, 0.15) is 22.5 Å². The van der Waals surface area contributed by atoms with E-state index >= 15 is 0 Å². The molecule has 32 heavy (non-hydrogen) atoms. The first-order valence-electron chi connectivity index (χ1n) is 9.44. The SMILES string of the molecule is COc1cc(OC)cc(C(=O)NC(=S)Nc2cc3nn(-c4ccccc4)nc3cc2Cl)c1. The van der Waals surface area contributed by atoms with Crippen LogP contribution in [0.3, 0.4) is 0 Å². The zero-order chi connectivity index (χ0) is 22.7. The number of carbonyl (C=O) groups is 1. The molecule has 4 rings (SSSR count). The standard InChI is InChI=1S/C22H18ClN5O3S/c1-30-15-8-13(9-16(10-15)31-2)21(29)25-22(32)24-18-12-20-19(11-17(18)23)26-28(27-20)14-6-4-3-5-7-14/h3-12H,1-2H3,(H2,24,25,29,32). The molecule has 0 aliphatic rings. The number of ether oxygens (including phenoxy) is 2. The Kier molecular flexibility index (Phi) is 6.20. The summed E-state index contributed by atoms with van der Waals surface area (Å²) >= 11 is 11.7. The molecule has 0 radical (unpaired) electrons. The largest absolute Gasteiger partial charge is 0.497 e. The Morgan fingerprint density at radius 3 is 2.22 bits per heavy atom. The van der Waals surface area contributed by atoms with Crippen LogP contribution < -0.4 is 20.1 Å². The van der Waals surface area contributed by atoms with Gasteiger partial charge in [-0.15, -0.1) is 10.2 Å². The van der Waals surface area contributed by atoms with Crippen LogP contribution in [0.25, 0.3) is 16.7 Å². The van der Waals surface area contributed by atoms with Crippen LogP contribution in [0.5, 0.6) is 11.5 Å². The lowest BCUT2D eigenvalue weighted by molar-refractivity contribution is 0.0977. The normalized spacial score (nSPS) is 10.6. The van der Waals surface area contributed by atoms with Crippen molar-refractivity contribution in [2.45, 2.75) is 0 Å². The maximum absolute atomic E-state index is 12.6. The van der Waals surface area contributed by atoms with Crippen LogP contribution in [-0.2, 0) is 0 Å². The maximum Gasteiger partial charge on any atom is 0.257 e. The molecule has 1 amide bonds. The molecule has 0 unspecified atom stereocenters. The Bertz CT molecular complexity index is 1290. The molecule has 0 fully saturated rings. The number of carbonyl (C=O) groups excluding carboxylic acids is 1. The lowest BCUT2D eigenvalue weighted by Gasteiger charge is -2.12. The number of benzene rings is 3. The van der Waals surface area contributed by atoms with Gasteiger partial charge in [0, 0.05) is 11.6 Å². The second-order valence-electron chi connectivity index (χ2n) is 6.66. The Hall–Kier alpha value is -3.69. The monoisotopic (exact) mass is 467 g/mol. The predicted octanol–water partition coefficient (Wildman–Crippen LogP) is 4.22. The van der Waals surface area contributed by atoms with E-state index in [1.807, 2.05) is 30.3 Å². The molecule has 0 saturated carbocycles. The second-order valence-corrected chi connectivity index (χ2v) is 7.47. The van der Waals surface area contributed by atoms with E-state index in [2.05, 4.69) is 20.8 Å². The van der Waals surface area contributed by atoms with Gasteiger partial charge in [-0.05, 0) is 48.6 Å². The van der Waals surface area contributed by atoms with Gasteiger partial charge in [0.15, 0.2) is 5.11 Å². The first-order valence-corrected chi connectivity index (χ1v) is 10.2. The van der Waals surface area contributed by atoms with E-state index < -0.39 is 5.91 Å². The summed E-state index contributed by atoms with van der Waals surface area (Å²) in [6.45, 7) is 0. The van der Waals surface area contributed by atoms with Crippen molar-refractivity contribution in [2.24, 2.45) is 0 Å². The molecule has 0 aliphatic carbocycles. The number of fused-ring (bicyclic) bond motifs is 1. The fourth-order valence-corrected chi connectivity index (χ4v) is 3.39. The number of nitrogens with zero attached hydrogens (tertiary/aromatic N) is 3. The molecular formula is C22H18ClN5O3S. The summed E-state index contributed by atoms with van der Waals surface area (Å²) < 4.78 is 10.4. The number of nitrogens with one attached hydrogen (secondary N) is 2. The molecular weight excluding hydrogens is 450 g/mol. The van der Waals surface area contributed by atoms with Crippen LogP contribution >= 0.6 is 23.8 Å². The summed E-state index contributed by atoms with van der Waals surface area (Å²) in [5.41, 5.74) is 2.89. The molecule has 0 atom stereocenters. The molecule has 8 nitrogen and oxygen atoms in total. The van der Waals surface area contributed by atoms with Gasteiger partial charge in [0.2, 0.25) is 0 Å². The third-order valence-corrected chi connectivity index (χ3v) is 5.06. The van der Waals surface area contributed by atoms with Gasteiger partial charge >= 0.3 is 0 Å². The number of methoxy groups -OCH3 is 2. The van der Waals surface area contributed by atoms with Crippen LogP contribution in [-0.4, -0.2) is 40.2 Å². The number of hydrogen-bond acceptors (Lipinski definition) is 6. The number of anilines is 1. The molecule has 162 valence electrons. The molecule has 0 bridgehead atoms. The van der Waals surface area contributed by atoms with Crippen LogP contribution in [0.2, 0.25) is 5.02 Å². The molecule has 2 N–H and O–H groups in total.